The monoisotopic (exact) mass is 299 g/mol. The van der Waals surface area contributed by atoms with Gasteiger partial charge in [0.25, 0.3) is 5.91 Å². The van der Waals surface area contributed by atoms with Crippen LogP contribution in [0.2, 0.25) is 5.02 Å². The smallest absolute Gasteiger partial charge is 0.255 e. The summed E-state index contributed by atoms with van der Waals surface area (Å²) in [6.45, 7) is 5.55. The molecule has 4 nitrogen and oxygen atoms in total. The summed E-state index contributed by atoms with van der Waals surface area (Å²) >= 11 is 5.84. The van der Waals surface area contributed by atoms with Gasteiger partial charge in [0, 0.05) is 32.7 Å². The first-order valence-corrected chi connectivity index (χ1v) is 7.21. The number of nitrogens with zero attached hydrogens (tertiary/aromatic N) is 1. The van der Waals surface area contributed by atoms with Crippen LogP contribution < -0.4 is 10.6 Å². The van der Waals surface area contributed by atoms with Crippen LogP contribution in [0.3, 0.4) is 0 Å². The number of hydrogen-bond acceptors (Lipinski definition) is 3. The van der Waals surface area contributed by atoms with E-state index in [-0.39, 0.29) is 10.6 Å². The standard InChI is InChI=1S/C14H19ClFN3O/c15-11-3-1-4-12(16)13(11)14(20)18-5-2-8-19-9-6-17-7-10-19/h1,3-4,17H,2,5-10H2,(H,18,20). The maximum Gasteiger partial charge on any atom is 0.255 e. The molecule has 0 saturated carbocycles. The molecule has 1 fully saturated rings. The highest BCUT2D eigenvalue weighted by Crippen LogP contribution is 2.18. The van der Waals surface area contributed by atoms with Crippen LogP contribution in [0.4, 0.5) is 4.39 Å². The van der Waals surface area contributed by atoms with Crippen molar-refractivity contribution in [2.75, 3.05) is 39.3 Å². The molecule has 2 rings (SSSR count). The highest BCUT2D eigenvalue weighted by molar-refractivity contribution is 6.33. The van der Waals surface area contributed by atoms with E-state index >= 15 is 0 Å². The molecule has 0 atom stereocenters. The fourth-order valence-electron chi connectivity index (χ4n) is 2.24. The first kappa shape index (κ1) is 15.2. The molecule has 110 valence electrons. The third-order valence-electron chi connectivity index (χ3n) is 3.34. The van der Waals surface area contributed by atoms with Gasteiger partial charge in [0.2, 0.25) is 0 Å². The van der Waals surface area contributed by atoms with Gasteiger partial charge in [-0.1, -0.05) is 17.7 Å². The van der Waals surface area contributed by atoms with E-state index in [0.717, 1.165) is 39.1 Å². The van der Waals surface area contributed by atoms with E-state index in [0.29, 0.717) is 6.54 Å². The summed E-state index contributed by atoms with van der Waals surface area (Å²) < 4.78 is 13.5. The van der Waals surface area contributed by atoms with E-state index in [1.54, 1.807) is 0 Å². The maximum absolute atomic E-state index is 13.5. The lowest BCUT2D eigenvalue weighted by molar-refractivity contribution is 0.0947. The second-order valence-corrected chi connectivity index (χ2v) is 5.20. The van der Waals surface area contributed by atoms with Crippen molar-refractivity contribution in [1.29, 1.82) is 0 Å². The number of hydrogen-bond donors (Lipinski definition) is 2. The van der Waals surface area contributed by atoms with Gasteiger partial charge in [0.1, 0.15) is 5.82 Å². The third kappa shape index (κ3) is 4.16. The summed E-state index contributed by atoms with van der Waals surface area (Å²) in [4.78, 5) is 14.2. The Hall–Kier alpha value is -1.17. The Morgan fingerprint density at radius 1 is 1.40 bits per heavy atom. The zero-order chi connectivity index (χ0) is 14.4. The van der Waals surface area contributed by atoms with Gasteiger partial charge >= 0.3 is 0 Å². The number of benzene rings is 1. The first-order chi connectivity index (χ1) is 9.68. The molecule has 0 unspecified atom stereocenters. The van der Waals surface area contributed by atoms with Gasteiger partial charge < -0.3 is 15.5 Å². The van der Waals surface area contributed by atoms with Crippen LogP contribution in [0.5, 0.6) is 0 Å². The Labute approximate surface area is 123 Å². The molecule has 1 aromatic carbocycles. The van der Waals surface area contributed by atoms with Crippen molar-refractivity contribution in [3.63, 3.8) is 0 Å². The van der Waals surface area contributed by atoms with Gasteiger partial charge in [-0.2, -0.15) is 0 Å². The number of halogens is 2. The summed E-state index contributed by atoms with van der Waals surface area (Å²) in [7, 11) is 0. The first-order valence-electron chi connectivity index (χ1n) is 6.84. The summed E-state index contributed by atoms with van der Waals surface area (Å²) in [6, 6.07) is 4.24. The van der Waals surface area contributed by atoms with Gasteiger partial charge in [0.05, 0.1) is 10.6 Å². The van der Waals surface area contributed by atoms with E-state index in [2.05, 4.69) is 15.5 Å². The summed E-state index contributed by atoms with van der Waals surface area (Å²) in [5, 5.41) is 6.15. The second kappa shape index (κ2) is 7.57. The van der Waals surface area contributed by atoms with Crippen LogP contribution in [0.15, 0.2) is 18.2 Å². The molecular formula is C14H19ClFN3O. The molecule has 1 aliphatic rings. The van der Waals surface area contributed by atoms with Crippen LogP contribution in [0.1, 0.15) is 16.8 Å². The average Bonchev–Trinajstić information content (AvgIpc) is 2.44. The molecule has 20 heavy (non-hydrogen) atoms. The predicted octanol–water partition coefficient (Wildman–Crippen LogP) is 1.50. The maximum atomic E-state index is 13.5. The summed E-state index contributed by atoms with van der Waals surface area (Å²) in [5.41, 5.74) is -0.0728. The fourth-order valence-corrected chi connectivity index (χ4v) is 2.49. The summed E-state index contributed by atoms with van der Waals surface area (Å²) in [6.07, 6.45) is 0.845. The van der Waals surface area contributed by atoms with Crippen LogP contribution in [-0.2, 0) is 0 Å². The Bertz CT molecular complexity index is 443. The number of piperazine rings is 1. The molecular weight excluding hydrogens is 281 g/mol. The Morgan fingerprint density at radius 3 is 2.85 bits per heavy atom. The average molecular weight is 300 g/mol. The molecule has 0 aromatic heterocycles. The minimum atomic E-state index is -0.586. The van der Waals surface area contributed by atoms with Gasteiger partial charge in [-0.3, -0.25) is 4.79 Å². The number of carbonyl (C=O) groups excluding carboxylic acids is 1. The third-order valence-corrected chi connectivity index (χ3v) is 3.65. The number of nitrogens with one attached hydrogen (secondary N) is 2. The molecule has 1 aliphatic heterocycles. The lowest BCUT2D eigenvalue weighted by Gasteiger charge is -2.27. The molecule has 0 radical (unpaired) electrons. The van der Waals surface area contributed by atoms with Crippen molar-refractivity contribution in [3.8, 4) is 0 Å². The normalized spacial score (nSPS) is 16.1. The van der Waals surface area contributed by atoms with Crippen molar-refractivity contribution in [2.45, 2.75) is 6.42 Å². The van der Waals surface area contributed by atoms with E-state index < -0.39 is 11.7 Å². The molecule has 0 aliphatic carbocycles. The topological polar surface area (TPSA) is 44.4 Å². The largest absolute Gasteiger partial charge is 0.352 e. The van der Waals surface area contributed by atoms with Crippen molar-refractivity contribution >= 4 is 17.5 Å². The lowest BCUT2D eigenvalue weighted by atomic mass is 10.2. The predicted molar refractivity (Wildman–Crippen MR) is 77.7 cm³/mol. The zero-order valence-corrected chi connectivity index (χ0v) is 12.0. The Morgan fingerprint density at radius 2 is 2.15 bits per heavy atom. The van der Waals surface area contributed by atoms with Crippen molar-refractivity contribution < 1.29 is 9.18 Å². The molecule has 2 N–H and O–H groups in total. The van der Waals surface area contributed by atoms with Crippen LogP contribution in [0.25, 0.3) is 0 Å². The molecule has 6 heteroatoms. The SMILES string of the molecule is O=C(NCCCN1CCNCC1)c1c(F)cccc1Cl. The highest BCUT2D eigenvalue weighted by Gasteiger charge is 2.15. The van der Waals surface area contributed by atoms with E-state index in [9.17, 15) is 9.18 Å². The Kier molecular flexibility index (Phi) is 5.76. The van der Waals surface area contributed by atoms with E-state index in [1.165, 1.54) is 18.2 Å². The molecule has 1 aromatic rings. The van der Waals surface area contributed by atoms with Crippen molar-refractivity contribution in [1.82, 2.24) is 15.5 Å². The zero-order valence-electron chi connectivity index (χ0n) is 11.3. The highest BCUT2D eigenvalue weighted by atomic mass is 35.5. The lowest BCUT2D eigenvalue weighted by Crippen LogP contribution is -2.44. The molecule has 1 saturated heterocycles. The van der Waals surface area contributed by atoms with Crippen molar-refractivity contribution in [3.05, 3.63) is 34.6 Å². The van der Waals surface area contributed by atoms with Crippen LogP contribution in [-0.4, -0.2) is 50.1 Å². The molecule has 0 bridgehead atoms. The number of amides is 1. The fraction of sp³-hybridized carbons (Fsp3) is 0.500. The minimum Gasteiger partial charge on any atom is -0.352 e. The quantitative estimate of drug-likeness (QED) is 0.810. The van der Waals surface area contributed by atoms with Crippen LogP contribution >= 0.6 is 11.6 Å². The van der Waals surface area contributed by atoms with E-state index in [1.807, 2.05) is 0 Å². The second-order valence-electron chi connectivity index (χ2n) is 4.80. The van der Waals surface area contributed by atoms with Gasteiger partial charge in [-0.05, 0) is 25.1 Å². The number of carbonyl (C=O) groups is 1. The van der Waals surface area contributed by atoms with Gasteiger partial charge in [-0.15, -0.1) is 0 Å². The number of rotatable bonds is 5. The van der Waals surface area contributed by atoms with Gasteiger partial charge in [-0.25, -0.2) is 4.39 Å². The molecule has 1 amide bonds. The Balaban J connectivity index is 1.75. The van der Waals surface area contributed by atoms with E-state index in [4.69, 9.17) is 11.6 Å². The van der Waals surface area contributed by atoms with Crippen molar-refractivity contribution in [2.24, 2.45) is 0 Å². The minimum absolute atomic E-state index is 0.0728. The summed E-state index contributed by atoms with van der Waals surface area (Å²) in [5.74, 6) is -1.04. The van der Waals surface area contributed by atoms with Crippen LogP contribution in [0, 0.1) is 5.82 Å². The molecule has 0 spiro atoms. The molecule has 1 heterocycles. The van der Waals surface area contributed by atoms with Gasteiger partial charge in [0.15, 0.2) is 0 Å².